The molecule has 0 bridgehead atoms. The minimum atomic E-state index is 0.00922. The summed E-state index contributed by atoms with van der Waals surface area (Å²) in [5, 5.41) is 8.57. The Kier molecular flexibility index (Phi) is 5.03. The van der Waals surface area contributed by atoms with Crippen molar-refractivity contribution in [2.45, 2.75) is 31.7 Å². The van der Waals surface area contributed by atoms with E-state index in [1.54, 1.807) is 10.8 Å². The van der Waals surface area contributed by atoms with Gasteiger partial charge in [-0.15, -0.1) is 0 Å². The van der Waals surface area contributed by atoms with E-state index in [1.165, 1.54) is 18.5 Å². The molecule has 31 heavy (non-hydrogen) atoms. The molecule has 7 heteroatoms. The molecule has 5 rings (SSSR count). The minimum absolute atomic E-state index is 0.00922. The van der Waals surface area contributed by atoms with E-state index < -0.39 is 0 Å². The lowest BCUT2D eigenvalue weighted by Gasteiger charge is -2.08. The zero-order valence-electron chi connectivity index (χ0n) is 17.7. The van der Waals surface area contributed by atoms with E-state index in [-0.39, 0.29) is 12.3 Å². The molecule has 1 aromatic carbocycles. The zero-order chi connectivity index (χ0) is 21.4. The number of carbonyl (C=O) groups is 1. The summed E-state index contributed by atoms with van der Waals surface area (Å²) in [6.45, 7) is 0.680. The molecule has 0 radical (unpaired) electrons. The first-order chi connectivity index (χ1) is 15.1. The van der Waals surface area contributed by atoms with Gasteiger partial charge in [0.25, 0.3) is 0 Å². The van der Waals surface area contributed by atoms with E-state index in [1.807, 2.05) is 61.4 Å². The molecule has 4 aromatic rings. The maximum absolute atomic E-state index is 12.9. The molecule has 1 aliphatic carbocycles. The predicted octanol–water partition coefficient (Wildman–Crippen LogP) is 4.04. The fourth-order valence-electron chi connectivity index (χ4n) is 3.97. The van der Waals surface area contributed by atoms with Crippen molar-refractivity contribution in [1.82, 2.24) is 24.6 Å². The molecule has 0 aliphatic heterocycles. The molecule has 3 heterocycles. The third-order valence-electron chi connectivity index (χ3n) is 5.61. The van der Waals surface area contributed by atoms with E-state index in [4.69, 9.17) is 4.74 Å². The second kappa shape index (κ2) is 8.00. The molecule has 0 atom stereocenters. The van der Waals surface area contributed by atoms with Crippen LogP contribution in [-0.4, -0.2) is 32.3 Å². The van der Waals surface area contributed by atoms with Gasteiger partial charge in [-0.2, -0.15) is 5.10 Å². The van der Waals surface area contributed by atoms with Crippen molar-refractivity contribution in [3.05, 3.63) is 71.9 Å². The molecule has 1 N–H and O–H groups in total. The highest BCUT2D eigenvalue weighted by Crippen LogP contribution is 2.40. The first-order valence-corrected chi connectivity index (χ1v) is 10.6. The summed E-state index contributed by atoms with van der Waals surface area (Å²) in [5.74, 6) is 2.08. The summed E-state index contributed by atoms with van der Waals surface area (Å²) in [4.78, 5) is 17.2. The maximum Gasteiger partial charge on any atom is 0.237 e. The monoisotopic (exact) mass is 415 g/mol. The lowest BCUT2D eigenvalue weighted by atomic mass is 10.2. The Bertz CT molecular complexity index is 1250. The molecular weight excluding hydrogens is 390 g/mol. The lowest BCUT2D eigenvalue weighted by molar-refractivity contribution is 0.0918. The Labute approximate surface area is 180 Å². The summed E-state index contributed by atoms with van der Waals surface area (Å²) in [6.07, 6.45) is 6.28. The van der Waals surface area contributed by atoms with Gasteiger partial charge in [0, 0.05) is 49.1 Å². The molecular formula is C24H25N5O2. The van der Waals surface area contributed by atoms with E-state index in [9.17, 15) is 4.79 Å². The van der Waals surface area contributed by atoms with Crippen molar-refractivity contribution in [2.24, 2.45) is 7.05 Å². The summed E-state index contributed by atoms with van der Waals surface area (Å²) in [7, 11) is 3.84. The highest BCUT2D eigenvalue weighted by molar-refractivity contribution is 5.93. The molecule has 0 spiro atoms. The van der Waals surface area contributed by atoms with Gasteiger partial charge in [0.1, 0.15) is 11.5 Å². The van der Waals surface area contributed by atoms with E-state index >= 15 is 0 Å². The summed E-state index contributed by atoms with van der Waals surface area (Å²) >= 11 is 0. The number of aromatic nitrogens is 4. The van der Waals surface area contributed by atoms with Crippen molar-refractivity contribution in [3.63, 3.8) is 0 Å². The first kappa shape index (κ1) is 19.5. The molecule has 0 amide bonds. The van der Waals surface area contributed by atoms with Gasteiger partial charge < -0.3 is 10.1 Å². The van der Waals surface area contributed by atoms with Gasteiger partial charge in [0.15, 0.2) is 0 Å². The topological polar surface area (TPSA) is 74.0 Å². The fourth-order valence-corrected chi connectivity index (χ4v) is 3.97. The van der Waals surface area contributed by atoms with Gasteiger partial charge in [-0.05, 0) is 56.3 Å². The number of rotatable bonds is 7. The SMILES string of the molecule is CNCc1cc(Oc2ccc3c(ccn3C(=O)Cc3cc(C4CC4)n(C)n3)c2)ccn1. The molecule has 0 unspecified atom stereocenters. The number of hydrogen-bond donors (Lipinski definition) is 1. The average molecular weight is 415 g/mol. The molecule has 3 aromatic heterocycles. The van der Waals surface area contributed by atoms with Crippen molar-refractivity contribution in [1.29, 1.82) is 0 Å². The van der Waals surface area contributed by atoms with E-state index in [2.05, 4.69) is 21.5 Å². The largest absolute Gasteiger partial charge is 0.457 e. The van der Waals surface area contributed by atoms with Gasteiger partial charge in [0.2, 0.25) is 5.91 Å². The van der Waals surface area contributed by atoms with Crippen LogP contribution in [0.3, 0.4) is 0 Å². The Morgan fingerprint density at radius 3 is 2.77 bits per heavy atom. The van der Waals surface area contributed by atoms with Crippen molar-refractivity contribution in [3.8, 4) is 11.5 Å². The second-order valence-electron chi connectivity index (χ2n) is 8.05. The minimum Gasteiger partial charge on any atom is -0.457 e. The Balaban J connectivity index is 1.33. The summed E-state index contributed by atoms with van der Waals surface area (Å²) in [5.41, 5.74) is 3.83. The number of nitrogens with one attached hydrogen (secondary N) is 1. The fraction of sp³-hybridized carbons (Fsp3) is 0.292. The third kappa shape index (κ3) is 4.09. The summed E-state index contributed by atoms with van der Waals surface area (Å²) < 4.78 is 9.62. The average Bonchev–Trinajstić information content (AvgIpc) is 3.40. The zero-order valence-corrected chi connectivity index (χ0v) is 17.7. The number of fused-ring (bicyclic) bond motifs is 1. The van der Waals surface area contributed by atoms with Gasteiger partial charge >= 0.3 is 0 Å². The van der Waals surface area contributed by atoms with Crippen LogP contribution in [0, 0.1) is 0 Å². The molecule has 158 valence electrons. The van der Waals surface area contributed by atoms with Crippen LogP contribution in [0.2, 0.25) is 0 Å². The molecule has 7 nitrogen and oxygen atoms in total. The first-order valence-electron chi connectivity index (χ1n) is 10.6. The molecule has 1 aliphatic rings. The highest BCUT2D eigenvalue weighted by atomic mass is 16.5. The van der Waals surface area contributed by atoms with Crippen LogP contribution in [0.1, 0.15) is 40.6 Å². The normalized spacial score (nSPS) is 13.6. The standard InChI is InChI=1S/C24H25N5O2/c1-25-15-19-12-21(7-9-26-19)31-20-5-6-22-17(11-20)8-10-29(22)24(30)14-18-13-23(16-3-4-16)28(2)27-18/h5-13,16,25H,3-4,14-15H2,1-2H3. The van der Waals surface area contributed by atoms with Crippen molar-refractivity contribution in [2.75, 3.05) is 7.05 Å². The number of carbonyl (C=O) groups excluding carboxylic acids is 1. The number of ether oxygens (including phenoxy) is 1. The van der Waals surface area contributed by atoms with E-state index in [0.29, 0.717) is 12.5 Å². The van der Waals surface area contributed by atoms with Crippen LogP contribution in [0.5, 0.6) is 11.5 Å². The molecule has 1 fully saturated rings. The van der Waals surface area contributed by atoms with Gasteiger partial charge in [0.05, 0.1) is 23.3 Å². The number of aryl methyl sites for hydroxylation is 1. The Morgan fingerprint density at radius 1 is 1.13 bits per heavy atom. The van der Waals surface area contributed by atoms with Crippen LogP contribution >= 0.6 is 0 Å². The van der Waals surface area contributed by atoms with Crippen molar-refractivity contribution < 1.29 is 9.53 Å². The summed E-state index contributed by atoms with van der Waals surface area (Å²) in [6, 6.07) is 13.5. The van der Waals surface area contributed by atoms with Crippen LogP contribution in [0.15, 0.2) is 54.9 Å². The lowest BCUT2D eigenvalue weighted by Crippen LogP contribution is -2.12. The van der Waals surface area contributed by atoms with E-state index in [0.717, 1.165) is 33.8 Å². The van der Waals surface area contributed by atoms with Crippen LogP contribution < -0.4 is 10.1 Å². The van der Waals surface area contributed by atoms with Crippen LogP contribution in [0.4, 0.5) is 0 Å². The number of pyridine rings is 1. The molecule has 0 saturated heterocycles. The number of benzene rings is 1. The smallest absolute Gasteiger partial charge is 0.237 e. The maximum atomic E-state index is 12.9. The predicted molar refractivity (Wildman–Crippen MR) is 119 cm³/mol. The highest BCUT2D eigenvalue weighted by Gasteiger charge is 2.27. The Hall–Kier alpha value is -3.45. The van der Waals surface area contributed by atoms with Gasteiger partial charge in [-0.3, -0.25) is 19.0 Å². The quantitative estimate of drug-likeness (QED) is 0.493. The third-order valence-corrected chi connectivity index (χ3v) is 5.61. The van der Waals surface area contributed by atoms with Crippen LogP contribution in [0.25, 0.3) is 10.9 Å². The number of hydrogen-bond acceptors (Lipinski definition) is 5. The Morgan fingerprint density at radius 2 is 1.97 bits per heavy atom. The second-order valence-corrected chi connectivity index (χ2v) is 8.05. The number of nitrogens with zero attached hydrogens (tertiary/aromatic N) is 4. The van der Waals surface area contributed by atoms with Crippen LogP contribution in [-0.2, 0) is 20.0 Å². The van der Waals surface area contributed by atoms with Gasteiger partial charge in [-0.1, -0.05) is 0 Å². The molecule has 1 saturated carbocycles. The van der Waals surface area contributed by atoms with Crippen molar-refractivity contribution >= 4 is 16.8 Å². The van der Waals surface area contributed by atoms with Gasteiger partial charge in [-0.25, -0.2) is 0 Å².